The minimum absolute atomic E-state index is 0.226. The standard InChI is InChI=1S/C17H25N3/c1-6-7-18-17(15-10-19-20(5)11-15)16-13(3)8-12(2)9-14(16)4/h8-11,17-18H,6-7H2,1-5H3. The smallest absolute Gasteiger partial charge is 0.0613 e. The Morgan fingerprint density at radius 3 is 2.35 bits per heavy atom. The van der Waals surface area contributed by atoms with Gasteiger partial charge in [-0.3, -0.25) is 4.68 Å². The zero-order valence-corrected chi connectivity index (χ0v) is 13.2. The van der Waals surface area contributed by atoms with Gasteiger partial charge in [-0.2, -0.15) is 5.10 Å². The Hall–Kier alpha value is -1.61. The van der Waals surface area contributed by atoms with Crippen molar-refractivity contribution >= 4 is 0 Å². The minimum Gasteiger partial charge on any atom is -0.306 e. The highest BCUT2D eigenvalue weighted by atomic mass is 15.2. The summed E-state index contributed by atoms with van der Waals surface area (Å²) < 4.78 is 1.87. The summed E-state index contributed by atoms with van der Waals surface area (Å²) in [6.07, 6.45) is 5.19. The van der Waals surface area contributed by atoms with Crippen LogP contribution < -0.4 is 5.32 Å². The fourth-order valence-electron chi connectivity index (χ4n) is 2.91. The maximum absolute atomic E-state index is 4.32. The van der Waals surface area contributed by atoms with Crippen LogP contribution in [0.3, 0.4) is 0 Å². The van der Waals surface area contributed by atoms with Crippen molar-refractivity contribution in [2.75, 3.05) is 6.54 Å². The summed E-state index contributed by atoms with van der Waals surface area (Å²) >= 11 is 0. The molecule has 3 nitrogen and oxygen atoms in total. The Morgan fingerprint density at radius 1 is 1.20 bits per heavy atom. The number of hydrogen-bond donors (Lipinski definition) is 1. The van der Waals surface area contributed by atoms with Crippen molar-refractivity contribution in [1.82, 2.24) is 15.1 Å². The van der Waals surface area contributed by atoms with E-state index in [1.54, 1.807) is 0 Å². The van der Waals surface area contributed by atoms with E-state index in [1.165, 1.54) is 27.8 Å². The Bertz CT molecular complexity index is 561. The SMILES string of the molecule is CCCNC(c1cnn(C)c1)c1c(C)cc(C)cc1C. The summed E-state index contributed by atoms with van der Waals surface area (Å²) in [6, 6.07) is 4.75. The number of aryl methyl sites for hydroxylation is 4. The van der Waals surface area contributed by atoms with Crippen LogP contribution in [0.5, 0.6) is 0 Å². The molecule has 1 atom stereocenters. The van der Waals surface area contributed by atoms with Crippen molar-refractivity contribution in [2.45, 2.75) is 40.2 Å². The van der Waals surface area contributed by atoms with Gasteiger partial charge in [-0.05, 0) is 50.4 Å². The number of hydrogen-bond acceptors (Lipinski definition) is 2. The minimum atomic E-state index is 0.226. The van der Waals surface area contributed by atoms with Crippen LogP contribution in [0.15, 0.2) is 24.5 Å². The first kappa shape index (κ1) is 14.8. The molecule has 0 aliphatic heterocycles. The molecule has 1 heterocycles. The molecule has 2 rings (SSSR count). The average molecular weight is 271 g/mol. The van der Waals surface area contributed by atoms with E-state index in [1.807, 2.05) is 17.9 Å². The lowest BCUT2D eigenvalue weighted by Gasteiger charge is -2.22. The molecule has 0 aliphatic carbocycles. The molecule has 0 bridgehead atoms. The molecular formula is C17H25N3. The van der Waals surface area contributed by atoms with E-state index in [0.29, 0.717) is 0 Å². The number of rotatable bonds is 5. The molecule has 108 valence electrons. The molecule has 0 saturated heterocycles. The van der Waals surface area contributed by atoms with Gasteiger partial charge in [0.05, 0.1) is 12.2 Å². The van der Waals surface area contributed by atoms with Crippen LogP contribution in [0.1, 0.15) is 47.2 Å². The Kier molecular flexibility index (Phi) is 4.61. The molecule has 0 fully saturated rings. The number of aromatic nitrogens is 2. The van der Waals surface area contributed by atoms with Crippen molar-refractivity contribution in [3.63, 3.8) is 0 Å². The largest absolute Gasteiger partial charge is 0.306 e. The monoisotopic (exact) mass is 271 g/mol. The average Bonchev–Trinajstić information content (AvgIpc) is 2.78. The van der Waals surface area contributed by atoms with Gasteiger partial charge in [-0.1, -0.05) is 24.6 Å². The van der Waals surface area contributed by atoms with Crippen LogP contribution in [0.2, 0.25) is 0 Å². The topological polar surface area (TPSA) is 29.9 Å². The molecule has 0 saturated carbocycles. The molecule has 0 radical (unpaired) electrons. The Morgan fingerprint density at radius 2 is 1.85 bits per heavy atom. The van der Waals surface area contributed by atoms with Gasteiger partial charge in [-0.15, -0.1) is 0 Å². The van der Waals surface area contributed by atoms with Gasteiger partial charge in [0.15, 0.2) is 0 Å². The highest BCUT2D eigenvalue weighted by Crippen LogP contribution is 2.28. The summed E-state index contributed by atoms with van der Waals surface area (Å²) in [7, 11) is 1.97. The molecule has 0 aliphatic rings. The van der Waals surface area contributed by atoms with E-state index < -0.39 is 0 Å². The zero-order valence-electron chi connectivity index (χ0n) is 13.2. The summed E-state index contributed by atoms with van der Waals surface area (Å²) in [5, 5.41) is 7.99. The lowest BCUT2D eigenvalue weighted by atomic mass is 9.91. The Labute approximate surface area is 122 Å². The van der Waals surface area contributed by atoms with Crippen LogP contribution in [0.25, 0.3) is 0 Å². The third kappa shape index (κ3) is 3.10. The van der Waals surface area contributed by atoms with Gasteiger partial charge in [0.2, 0.25) is 0 Å². The van der Waals surface area contributed by atoms with E-state index in [9.17, 15) is 0 Å². The predicted octanol–water partition coefficient (Wildman–Crippen LogP) is 3.43. The van der Waals surface area contributed by atoms with E-state index >= 15 is 0 Å². The predicted molar refractivity (Wildman–Crippen MR) is 84.0 cm³/mol. The lowest BCUT2D eigenvalue weighted by Crippen LogP contribution is -2.24. The highest BCUT2D eigenvalue weighted by Gasteiger charge is 2.19. The molecule has 3 heteroatoms. The van der Waals surface area contributed by atoms with Gasteiger partial charge in [0.1, 0.15) is 0 Å². The second-order valence-corrected chi connectivity index (χ2v) is 5.65. The maximum atomic E-state index is 4.32. The summed E-state index contributed by atoms with van der Waals surface area (Å²) in [4.78, 5) is 0. The van der Waals surface area contributed by atoms with Gasteiger partial charge < -0.3 is 5.32 Å². The summed E-state index contributed by atoms with van der Waals surface area (Å²) in [5.74, 6) is 0. The molecule has 1 aromatic heterocycles. The maximum Gasteiger partial charge on any atom is 0.0613 e. The number of nitrogens with one attached hydrogen (secondary N) is 1. The zero-order chi connectivity index (χ0) is 14.7. The van der Waals surface area contributed by atoms with Gasteiger partial charge >= 0.3 is 0 Å². The molecule has 2 aromatic rings. The van der Waals surface area contributed by atoms with Crippen molar-refractivity contribution in [2.24, 2.45) is 7.05 Å². The first-order valence-corrected chi connectivity index (χ1v) is 7.32. The first-order chi connectivity index (χ1) is 9.52. The molecule has 1 unspecified atom stereocenters. The highest BCUT2D eigenvalue weighted by molar-refractivity contribution is 5.43. The Balaban J connectivity index is 2.46. The number of benzene rings is 1. The van der Waals surface area contributed by atoms with Crippen molar-refractivity contribution in [1.29, 1.82) is 0 Å². The van der Waals surface area contributed by atoms with Gasteiger partial charge in [-0.25, -0.2) is 0 Å². The molecular weight excluding hydrogens is 246 g/mol. The summed E-state index contributed by atoms with van der Waals surface area (Å²) in [6.45, 7) is 9.76. The van der Waals surface area contributed by atoms with E-state index in [0.717, 1.165) is 13.0 Å². The third-order valence-electron chi connectivity index (χ3n) is 3.68. The first-order valence-electron chi connectivity index (χ1n) is 7.32. The molecule has 1 N–H and O–H groups in total. The fourth-order valence-corrected chi connectivity index (χ4v) is 2.91. The fraction of sp³-hybridized carbons (Fsp3) is 0.471. The van der Waals surface area contributed by atoms with E-state index in [2.05, 4.69) is 56.4 Å². The van der Waals surface area contributed by atoms with Crippen LogP contribution in [0.4, 0.5) is 0 Å². The quantitative estimate of drug-likeness (QED) is 0.903. The van der Waals surface area contributed by atoms with Crippen LogP contribution in [-0.2, 0) is 7.05 Å². The van der Waals surface area contributed by atoms with E-state index in [-0.39, 0.29) is 6.04 Å². The van der Waals surface area contributed by atoms with Crippen molar-refractivity contribution in [3.8, 4) is 0 Å². The van der Waals surface area contributed by atoms with Gasteiger partial charge in [0.25, 0.3) is 0 Å². The van der Waals surface area contributed by atoms with Crippen molar-refractivity contribution < 1.29 is 0 Å². The second kappa shape index (κ2) is 6.23. The molecule has 0 spiro atoms. The van der Waals surface area contributed by atoms with Crippen LogP contribution >= 0.6 is 0 Å². The van der Waals surface area contributed by atoms with Crippen molar-refractivity contribution in [3.05, 3.63) is 52.3 Å². The normalized spacial score (nSPS) is 12.7. The lowest BCUT2D eigenvalue weighted by molar-refractivity contribution is 0.593. The molecule has 0 amide bonds. The molecule has 1 aromatic carbocycles. The number of nitrogens with zero attached hydrogens (tertiary/aromatic N) is 2. The summed E-state index contributed by atoms with van der Waals surface area (Å²) in [5.41, 5.74) is 6.64. The van der Waals surface area contributed by atoms with Gasteiger partial charge in [0, 0.05) is 18.8 Å². The second-order valence-electron chi connectivity index (χ2n) is 5.65. The van der Waals surface area contributed by atoms with E-state index in [4.69, 9.17) is 0 Å². The third-order valence-corrected chi connectivity index (χ3v) is 3.68. The van der Waals surface area contributed by atoms with Crippen LogP contribution in [0, 0.1) is 20.8 Å². The van der Waals surface area contributed by atoms with Crippen LogP contribution in [-0.4, -0.2) is 16.3 Å². The molecule has 20 heavy (non-hydrogen) atoms.